The summed E-state index contributed by atoms with van der Waals surface area (Å²) < 4.78 is 9.67. The van der Waals surface area contributed by atoms with Gasteiger partial charge in [-0.05, 0) is 24.7 Å². The highest BCUT2D eigenvalue weighted by atomic mass is 16.5. The first-order valence-electron chi connectivity index (χ1n) is 5.49. The van der Waals surface area contributed by atoms with E-state index in [2.05, 4.69) is 10.1 Å². The number of carbonyl (C=O) groups excluding carboxylic acids is 1. The van der Waals surface area contributed by atoms with Crippen LogP contribution in [-0.4, -0.2) is 39.9 Å². The van der Waals surface area contributed by atoms with E-state index in [-0.39, 0.29) is 5.97 Å². The predicted octanol–water partition coefficient (Wildman–Crippen LogP) is 0.956. The highest BCUT2D eigenvalue weighted by Gasteiger charge is 2.35. The van der Waals surface area contributed by atoms with Crippen LogP contribution in [0.25, 0.3) is 0 Å². The zero-order chi connectivity index (χ0) is 11.1. The second kappa shape index (κ2) is 6.08. The van der Waals surface area contributed by atoms with Gasteiger partial charge in [-0.2, -0.15) is 0 Å². The molecule has 1 aliphatic rings. The summed E-state index contributed by atoms with van der Waals surface area (Å²) >= 11 is 0. The number of ether oxygens (including phenoxy) is 2. The summed E-state index contributed by atoms with van der Waals surface area (Å²) in [6.45, 7) is 2.01. The highest BCUT2D eigenvalue weighted by molar-refractivity contribution is 5.71. The van der Waals surface area contributed by atoms with Gasteiger partial charge >= 0.3 is 5.97 Å². The summed E-state index contributed by atoms with van der Waals surface area (Å²) in [5.41, 5.74) is 0.365. The molecule has 0 amide bonds. The van der Waals surface area contributed by atoms with Gasteiger partial charge in [0.1, 0.15) is 0 Å². The maximum atomic E-state index is 10.9. The molecule has 15 heavy (non-hydrogen) atoms. The second-order valence-electron chi connectivity index (χ2n) is 4.28. The van der Waals surface area contributed by atoms with Gasteiger partial charge in [0.05, 0.1) is 13.7 Å². The van der Waals surface area contributed by atoms with Crippen LogP contribution in [0, 0.1) is 5.41 Å². The lowest BCUT2D eigenvalue weighted by Gasteiger charge is -2.42. The molecule has 1 saturated carbocycles. The molecule has 1 fully saturated rings. The minimum atomic E-state index is -0.198. The van der Waals surface area contributed by atoms with Gasteiger partial charge in [0.15, 0.2) is 0 Å². The fourth-order valence-electron chi connectivity index (χ4n) is 2.01. The standard InChI is InChI=1S/C11H21NO3/c1-14-7-6-11(4-3-5-11)9-12-8-10(13)15-2/h12H,3-9H2,1-2H3. The Morgan fingerprint density at radius 3 is 2.60 bits per heavy atom. The van der Waals surface area contributed by atoms with E-state index in [0.717, 1.165) is 19.6 Å². The molecule has 4 nitrogen and oxygen atoms in total. The lowest BCUT2D eigenvalue weighted by molar-refractivity contribution is -0.139. The third-order valence-electron chi connectivity index (χ3n) is 3.25. The van der Waals surface area contributed by atoms with E-state index in [1.54, 1.807) is 7.11 Å². The number of rotatable bonds is 7. The third kappa shape index (κ3) is 3.80. The molecule has 0 aromatic heterocycles. The smallest absolute Gasteiger partial charge is 0.319 e. The SMILES string of the molecule is COCCC1(CNCC(=O)OC)CCC1. The second-order valence-corrected chi connectivity index (χ2v) is 4.28. The molecule has 1 rings (SSSR count). The molecule has 0 atom stereocenters. The van der Waals surface area contributed by atoms with E-state index in [1.807, 2.05) is 0 Å². The quantitative estimate of drug-likeness (QED) is 0.642. The van der Waals surface area contributed by atoms with Crippen LogP contribution in [0.3, 0.4) is 0 Å². The Kier molecular flexibility index (Phi) is 5.05. The Morgan fingerprint density at radius 1 is 1.40 bits per heavy atom. The molecule has 1 N–H and O–H groups in total. The Labute approximate surface area is 91.3 Å². The Morgan fingerprint density at radius 2 is 2.13 bits per heavy atom. The number of methoxy groups -OCH3 is 2. The Hall–Kier alpha value is -0.610. The van der Waals surface area contributed by atoms with Crippen LogP contribution >= 0.6 is 0 Å². The number of esters is 1. The first-order valence-corrected chi connectivity index (χ1v) is 5.49. The minimum Gasteiger partial charge on any atom is -0.468 e. The monoisotopic (exact) mass is 215 g/mol. The van der Waals surface area contributed by atoms with Crippen molar-refractivity contribution in [2.45, 2.75) is 25.7 Å². The molecule has 0 saturated heterocycles. The molecular weight excluding hydrogens is 194 g/mol. The van der Waals surface area contributed by atoms with Crippen LogP contribution in [0.5, 0.6) is 0 Å². The van der Waals surface area contributed by atoms with Crippen LogP contribution < -0.4 is 5.32 Å². The Bertz CT molecular complexity index is 202. The molecule has 0 aliphatic heterocycles. The van der Waals surface area contributed by atoms with E-state index < -0.39 is 0 Å². The van der Waals surface area contributed by atoms with Gasteiger partial charge in [-0.1, -0.05) is 6.42 Å². The van der Waals surface area contributed by atoms with Crippen molar-refractivity contribution in [3.8, 4) is 0 Å². The van der Waals surface area contributed by atoms with Crippen molar-refractivity contribution < 1.29 is 14.3 Å². The molecule has 88 valence electrons. The number of carbonyl (C=O) groups is 1. The fraction of sp³-hybridized carbons (Fsp3) is 0.909. The molecule has 0 bridgehead atoms. The van der Waals surface area contributed by atoms with Gasteiger partial charge in [-0.3, -0.25) is 4.79 Å². The van der Waals surface area contributed by atoms with Crippen molar-refractivity contribution >= 4 is 5.97 Å². The molecule has 1 aliphatic carbocycles. The van der Waals surface area contributed by atoms with Crippen LogP contribution in [0.2, 0.25) is 0 Å². The number of nitrogens with one attached hydrogen (secondary N) is 1. The van der Waals surface area contributed by atoms with E-state index in [4.69, 9.17) is 4.74 Å². The van der Waals surface area contributed by atoms with E-state index in [9.17, 15) is 4.79 Å². The zero-order valence-electron chi connectivity index (χ0n) is 9.67. The van der Waals surface area contributed by atoms with Gasteiger partial charge in [0.25, 0.3) is 0 Å². The van der Waals surface area contributed by atoms with Gasteiger partial charge in [0.2, 0.25) is 0 Å². The van der Waals surface area contributed by atoms with Crippen LogP contribution in [-0.2, 0) is 14.3 Å². The van der Waals surface area contributed by atoms with Crippen molar-refractivity contribution in [2.75, 3.05) is 33.9 Å². The average molecular weight is 215 g/mol. The summed E-state index contributed by atoms with van der Waals surface area (Å²) in [6.07, 6.45) is 4.86. The molecule has 0 aromatic carbocycles. The van der Waals surface area contributed by atoms with Gasteiger partial charge in [0, 0.05) is 20.3 Å². The van der Waals surface area contributed by atoms with Crippen LogP contribution in [0.15, 0.2) is 0 Å². The summed E-state index contributed by atoms with van der Waals surface area (Å²) in [6, 6.07) is 0. The fourth-order valence-corrected chi connectivity index (χ4v) is 2.01. The first kappa shape index (κ1) is 12.5. The van der Waals surface area contributed by atoms with Crippen molar-refractivity contribution in [1.82, 2.24) is 5.32 Å². The predicted molar refractivity (Wildman–Crippen MR) is 57.7 cm³/mol. The molecule has 0 heterocycles. The van der Waals surface area contributed by atoms with Crippen molar-refractivity contribution in [2.24, 2.45) is 5.41 Å². The molecule has 0 aromatic rings. The van der Waals surface area contributed by atoms with E-state index >= 15 is 0 Å². The van der Waals surface area contributed by atoms with Crippen molar-refractivity contribution in [1.29, 1.82) is 0 Å². The average Bonchev–Trinajstić information content (AvgIpc) is 2.20. The molecule has 0 unspecified atom stereocenters. The normalized spacial score (nSPS) is 18.3. The molecular formula is C11H21NO3. The number of hydrogen-bond acceptors (Lipinski definition) is 4. The van der Waals surface area contributed by atoms with E-state index in [1.165, 1.54) is 26.4 Å². The van der Waals surface area contributed by atoms with Crippen LogP contribution in [0.4, 0.5) is 0 Å². The van der Waals surface area contributed by atoms with Crippen molar-refractivity contribution in [3.63, 3.8) is 0 Å². The summed E-state index contributed by atoms with van der Waals surface area (Å²) in [5, 5.41) is 3.16. The number of hydrogen-bond donors (Lipinski definition) is 1. The maximum Gasteiger partial charge on any atom is 0.319 e. The topological polar surface area (TPSA) is 47.6 Å². The van der Waals surface area contributed by atoms with Gasteiger partial charge in [-0.25, -0.2) is 0 Å². The Balaban J connectivity index is 2.18. The molecule has 0 radical (unpaired) electrons. The lowest BCUT2D eigenvalue weighted by Crippen LogP contribution is -2.42. The lowest BCUT2D eigenvalue weighted by atomic mass is 9.67. The summed E-state index contributed by atoms with van der Waals surface area (Å²) in [4.78, 5) is 10.9. The largest absolute Gasteiger partial charge is 0.468 e. The van der Waals surface area contributed by atoms with E-state index in [0.29, 0.717) is 12.0 Å². The van der Waals surface area contributed by atoms with Crippen LogP contribution in [0.1, 0.15) is 25.7 Å². The summed E-state index contributed by atoms with van der Waals surface area (Å²) in [5.74, 6) is -0.198. The summed E-state index contributed by atoms with van der Waals surface area (Å²) in [7, 11) is 3.14. The maximum absolute atomic E-state index is 10.9. The van der Waals surface area contributed by atoms with Gasteiger partial charge < -0.3 is 14.8 Å². The first-order chi connectivity index (χ1) is 7.22. The highest BCUT2D eigenvalue weighted by Crippen LogP contribution is 2.43. The third-order valence-corrected chi connectivity index (χ3v) is 3.25. The zero-order valence-corrected chi connectivity index (χ0v) is 9.67. The minimum absolute atomic E-state index is 0.198. The molecule has 0 spiro atoms. The van der Waals surface area contributed by atoms with Gasteiger partial charge in [-0.15, -0.1) is 0 Å². The van der Waals surface area contributed by atoms with Crippen molar-refractivity contribution in [3.05, 3.63) is 0 Å². The molecule has 4 heteroatoms.